The Morgan fingerprint density at radius 3 is 2.70 bits per heavy atom. The third kappa shape index (κ3) is 4.44. The average molecular weight is 369 g/mol. The van der Waals surface area contributed by atoms with Crippen LogP contribution >= 0.6 is 0 Å². The van der Waals surface area contributed by atoms with Crippen LogP contribution in [0.3, 0.4) is 0 Å². The maximum Gasteiger partial charge on any atom is 0.309 e. The fourth-order valence-corrected chi connectivity index (χ4v) is 2.77. The minimum atomic E-state index is -0.984. The van der Waals surface area contributed by atoms with Gasteiger partial charge in [0, 0.05) is 48.5 Å². The first-order valence-electron chi connectivity index (χ1n) is 8.49. The van der Waals surface area contributed by atoms with Gasteiger partial charge in [0.2, 0.25) is 6.29 Å². The second kappa shape index (κ2) is 7.90. The lowest BCUT2D eigenvalue weighted by molar-refractivity contribution is -0.182. The second-order valence-electron chi connectivity index (χ2n) is 6.04. The normalized spacial score (nSPS) is 11.9. The third-order valence-corrected chi connectivity index (χ3v) is 3.96. The van der Waals surface area contributed by atoms with Crippen molar-refractivity contribution in [3.8, 4) is 11.1 Å². The highest BCUT2D eigenvalue weighted by Crippen LogP contribution is 2.30. The van der Waals surface area contributed by atoms with Gasteiger partial charge in [-0.15, -0.1) is 0 Å². The molecule has 7 nitrogen and oxygen atoms in total. The number of nitrogens with one attached hydrogen (secondary N) is 1. The van der Waals surface area contributed by atoms with E-state index in [1.165, 1.54) is 20.1 Å². The van der Waals surface area contributed by atoms with Crippen molar-refractivity contribution in [2.75, 3.05) is 0 Å². The minimum absolute atomic E-state index is 0.0630. The maximum atomic E-state index is 12.3. The SMILES string of the molecule is CC(=O)OC(C)OC(=O)CCC(=O)c1cc(-c2c[nH]c3ccccc23)co1. The van der Waals surface area contributed by atoms with Crippen molar-refractivity contribution in [2.24, 2.45) is 0 Å². The van der Waals surface area contributed by atoms with Crippen LogP contribution in [-0.4, -0.2) is 29.0 Å². The number of benzene rings is 1. The number of ether oxygens (including phenoxy) is 2. The van der Waals surface area contributed by atoms with Gasteiger partial charge in [-0.2, -0.15) is 0 Å². The molecule has 7 heteroatoms. The molecule has 0 spiro atoms. The number of esters is 2. The molecule has 0 saturated heterocycles. The van der Waals surface area contributed by atoms with E-state index in [0.29, 0.717) is 0 Å². The zero-order chi connectivity index (χ0) is 19.4. The van der Waals surface area contributed by atoms with E-state index < -0.39 is 18.2 Å². The van der Waals surface area contributed by atoms with Crippen LogP contribution < -0.4 is 0 Å². The number of Topliss-reactive ketones (excluding diaryl/α,β-unsaturated/α-hetero) is 1. The molecule has 1 unspecified atom stereocenters. The summed E-state index contributed by atoms with van der Waals surface area (Å²) in [7, 11) is 0. The van der Waals surface area contributed by atoms with Gasteiger partial charge in [-0.25, -0.2) is 0 Å². The van der Waals surface area contributed by atoms with Crippen molar-refractivity contribution < 1.29 is 28.3 Å². The van der Waals surface area contributed by atoms with Crippen LogP contribution in [0, 0.1) is 0 Å². The lowest BCUT2D eigenvalue weighted by atomic mass is 10.1. The number of fused-ring (bicyclic) bond motifs is 1. The van der Waals surface area contributed by atoms with Crippen molar-refractivity contribution in [1.82, 2.24) is 4.98 Å². The van der Waals surface area contributed by atoms with Gasteiger partial charge in [0.25, 0.3) is 0 Å². The van der Waals surface area contributed by atoms with Crippen LogP contribution in [0.5, 0.6) is 0 Å². The molecule has 1 aromatic carbocycles. The van der Waals surface area contributed by atoms with Gasteiger partial charge in [0.15, 0.2) is 11.5 Å². The van der Waals surface area contributed by atoms with Crippen molar-refractivity contribution in [2.45, 2.75) is 33.0 Å². The fraction of sp³-hybridized carbons (Fsp3) is 0.250. The van der Waals surface area contributed by atoms with Crippen LogP contribution in [0.25, 0.3) is 22.0 Å². The van der Waals surface area contributed by atoms with Crippen LogP contribution in [0.1, 0.15) is 37.2 Å². The van der Waals surface area contributed by atoms with E-state index in [-0.39, 0.29) is 24.4 Å². The molecule has 2 aromatic heterocycles. The number of carbonyl (C=O) groups excluding carboxylic acids is 3. The summed E-state index contributed by atoms with van der Waals surface area (Å²) < 4.78 is 15.0. The summed E-state index contributed by atoms with van der Waals surface area (Å²) in [6.07, 6.45) is 2.20. The quantitative estimate of drug-likeness (QED) is 0.386. The molecule has 0 aliphatic rings. The molecule has 0 amide bonds. The third-order valence-electron chi connectivity index (χ3n) is 3.96. The molecule has 2 heterocycles. The first-order valence-corrected chi connectivity index (χ1v) is 8.49. The Morgan fingerprint density at radius 1 is 1.15 bits per heavy atom. The number of para-hydroxylation sites is 1. The van der Waals surface area contributed by atoms with Gasteiger partial charge < -0.3 is 18.9 Å². The summed E-state index contributed by atoms with van der Waals surface area (Å²) >= 11 is 0. The number of rotatable bonds is 7. The van der Waals surface area contributed by atoms with E-state index in [0.717, 1.165) is 22.0 Å². The molecule has 0 aliphatic carbocycles. The standard InChI is InChI=1S/C20H19NO6/c1-12(22)26-13(2)27-20(24)8-7-18(23)19-9-14(11-25-19)16-10-21-17-6-4-3-5-15(16)17/h3-6,9-11,13,21H,7-8H2,1-2H3. The summed E-state index contributed by atoms with van der Waals surface area (Å²) in [4.78, 5) is 37.9. The Hall–Kier alpha value is -3.35. The Balaban J connectivity index is 1.60. The Kier molecular flexibility index (Phi) is 5.40. The molecular weight excluding hydrogens is 350 g/mol. The largest absolute Gasteiger partial charge is 0.461 e. The monoisotopic (exact) mass is 369 g/mol. The Morgan fingerprint density at radius 2 is 1.93 bits per heavy atom. The molecular formula is C20H19NO6. The number of aromatic amines is 1. The first kappa shape index (κ1) is 18.4. The van der Waals surface area contributed by atoms with Crippen molar-refractivity contribution in [3.63, 3.8) is 0 Å². The number of carbonyl (C=O) groups is 3. The zero-order valence-electron chi connectivity index (χ0n) is 15.0. The van der Waals surface area contributed by atoms with Gasteiger partial charge >= 0.3 is 11.9 Å². The van der Waals surface area contributed by atoms with E-state index in [1.807, 2.05) is 30.5 Å². The molecule has 0 fully saturated rings. The summed E-state index contributed by atoms with van der Waals surface area (Å²) in [6.45, 7) is 2.65. The highest BCUT2D eigenvalue weighted by atomic mass is 16.7. The number of aromatic nitrogens is 1. The summed E-state index contributed by atoms with van der Waals surface area (Å²) in [6, 6.07) is 9.48. The summed E-state index contributed by atoms with van der Waals surface area (Å²) in [5.41, 5.74) is 2.70. The van der Waals surface area contributed by atoms with E-state index in [2.05, 4.69) is 4.98 Å². The number of H-pyrrole nitrogens is 1. The summed E-state index contributed by atoms with van der Waals surface area (Å²) in [5.74, 6) is -1.30. The Labute approximate surface area is 155 Å². The van der Waals surface area contributed by atoms with Crippen LogP contribution in [-0.2, 0) is 19.1 Å². The topological polar surface area (TPSA) is 98.6 Å². The van der Waals surface area contributed by atoms with Crippen LogP contribution in [0.2, 0.25) is 0 Å². The molecule has 3 aromatic rings. The van der Waals surface area contributed by atoms with Gasteiger partial charge in [0.1, 0.15) is 0 Å². The Bertz CT molecular complexity index is 983. The molecule has 140 valence electrons. The number of ketones is 1. The second-order valence-corrected chi connectivity index (χ2v) is 6.04. The average Bonchev–Trinajstić information content (AvgIpc) is 3.25. The van der Waals surface area contributed by atoms with E-state index >= 15 is 0 Å². The molecule has 0 radical (unpaired) electrons. The fourth-order valence-electron chi connectivity index (χ4n) is 2.77. The molecule has 0 saturated carbocycles. The maximum absolute atomic E-state index is 12.3. The highest BCUT2D eigenvalue weighted by molar-refractivity contribution is 5.99. The predicted molar refractivity (Wildman–Crippen MR) is 96.9 cm³/mol. The van der Waals surface area contributed by atoms with E-state index in [9.17, 15) is 14.4 Å². The van der Waals surface area contributed by atoms with Crippen molar-refractivity contribution in [1.29, 1.82) is 0 Å². The first-order chi connectivity index (χ1) is 12.9. The van der Waals surface area contributed by atoms with Gasteiger partial charge in [-0.05, 0) is 12.1 Å². The van der Waals surface area contributed by atoms with Gasteiger partial charge in [0.05, 0.1) is 12.7 Å². The van der Waals surface area contributed by atoms with Gasteiger partial charge in [-0.1, -0.05) is 18.2 Å². The highest BCUT2D eigenvalue weighted by Gasteiger charge is 2.17. The summed E-state index contributed by atoms with van der Waals surface area (Å²) in [5, 5.41) is 1.03. The number of hydrogen-bond acceptors (Lipinski definition) is 6. The minimum Gasteiger partial charge on any atom is -0.461 e. The van der Waals surface area contributed by atoms with Crippen molar-refractivity contribution >= 4 is 28.6 Å². The molecule has 0 aliphatic heterocycles. The molecule has 3 rings (SSSR count). The van der Waals surface area contributed by atoms with E-state index in [4.69, 9.17) is 13.9 Å². The van der Waals surface area contributed by atoms with Crippen LogP contribution in [0.15, 0.2) is 47.2 Å². The molecule has 1 N–H and O–H groups in total. The lowest BCUT2D eigenvalue weighted by Gasteiger charge is -2.12. The smallest absolute Gasteiger partial charge is 0.309 e. The molecule has 27 heavy (non-hydrogen) atoms. The zero-order valence-corrected chi connectivity index (χ0v) is 15.0. The van der Waals surface area contributed by atoms with Gasteiger partial charge in [-0.3, -0.25) is 14.4 Å². The lowest BCUT2D eigenvalue weighted by Crippen LogP contribution is -2.20. The van der Waals surface area contributed by atoms with Crippen LogP contribution in [0.4, 0.5) is 0 Å². The predicted octanol–water partition coefficient (Wildman–Crippen LogP) is 3.84. The van der Waals surface area contributed by atoms with E-state index in [1.54, 1.807) is 6.07 Å². The van der Waals surface area contributed by atoms with Crippen molar-refractivity contribution in [3.05, 3.63) is 48.6 Å². The molecule has 1 atom stereocenters. The molecule has 0 bridgehead atoms. The number of furan rings is 1. The number of hydrogen-bond donors (Lipinski definition) is 1.